The van der Waals surface area contributed by atoms with E-state index in [9.17, 15) is 4.79 Å². The van der Waals surface area contributed by atoms with Gasteiger partial charge in [-0.1, -0.05) is 6.92 Å². The van der Waals surface area contributed by atoms with Crippen LogP contribution in [0.1, 0.15) is 26.7 Å². The van der Waals surface area contributed by atoms with Crippen molar-refractivity contribution in [2.24, 2.45) is 0 Å². The third-order valence-corrected chi connectivity index (χ3v) is 1.51. The molecule has 0 spiro atoms. The lowest BCUT2D eigenvalue weighted by molar-refractivity contribution is -0.142. The largest absolute Gasteiger partial charge is 0.469 e. The number of rotatable bonds is 5. The average molecular weight is 160 g/mol. The molecule has 1 atom stereocenters. The number of hydrogen-bond acceptors (Lipinski definition) is 3. The van der Waals surface area contributed by atoms with Gasteiger partial charge in [0.05, 0.1) is 26.2 Å². The van der Waals surface area contributed by atoms with Crippen molar-refractivity contribution < 1.29 is 14.3 Å². The molecule has 0 amide bonds. The van der Waals surface area contributed by atoms with E-state index >= 15 is 0 Å². The molecule has 1 unspecified atom stereocenters. The summed E-state index contributed by atoms with van der Waals surface area (Å²) in [7, 11) is 1.38. The molecule has 0 radical (unpaired) electrons. The van der Waals surface area contributed by atoms with Crippen LogP contribution in [-0.4, -0.2) is 25.8 Å². The van der Waals surface area contributed by atoms with Gasteiger partial charge in [0.25, 0.3) is 0 Å². The molecule has 0 aliphatic carbocycles. The molecule has 0 rings (SSSR count). The molecule has 0 N–H and O–H groups in total. The Morgan fingerprint density at radius 3 is 2.64 bits per heavy atom. The highest BCUT2D eigenvalue weighted by Crippen LogP contribution is 1.96. The first kappa shape index (κ1) is 10.4. The van der Waals surface area contributed by atoms with E-state index in [-0.39, 0.29) is 12.1 Å². The van der Waals surface area contributed by atoms with Crippen molar-refractivity contribution in [2.75, 3.05) is 13.7 Å². The van der Waals surface area contributed by atoms with Gasteiger partial charge >= 0.3 is 5.97 Å². The van der Waals surface area contributed by atoms with Gasteiger partial charge in [0.2, 0.25) is 0 Å². The van der Waals surface area contributed by atoms with Crippen LogP contribution in [0.5, 0.6) is 0 Å². The molecule has 0 aromatic rings. The molecule has 3 nitrogen and oxygen atoms in total. The van der Waals surface area contributed by atoms with Crippen LogP contribution in [0.2, 0.25) is 0 Å². The standard InChI is InChI=1S/C8H16O3/c1-4-7(2)11-6-5-8(9)10-3/h7H,4-6H2,1-3H3. The van der Waals surface area contributed by atoms with Crippen molar-refractivity contribution in [1.82, 2.24) is 0 Å². The Morgan fingerprint density at radius 2 is 2.18 bits per heavy atom. The molecule has 0 bridgehead atoms. The van der Waals surface area contributed by atoms with E-state index in [1.54, 1.807) is 0 Å². The number of methoxy groups -OCH3 is 1. The molecule has 3 heteroatoms. The lowest BCUT2D eigenvalue weighted by atomic mass is 10.3. The van der Waals surface area contributed by atoms with Gasteiger partial charge in [0.1, 0.15) is 0 Å². The summed E-state index contributed by atoms with van der Waals surface area (Å²) in [6.45, 7) is 4.49. The van der Waals surface area contributed by atoms with Crippen molar-refractivity contribution in [3.8, 4) is 0 Å². The van der Waals surface area contributed by atoms with E-state index in [1.807, 2.05) is 13.8 Å². The van der Waals surface area contributed by atoms with Crippen molar-refractivity contribution in [3.63, 3.8) is 0 Å². The summed E-state index contributed by atoms with van der Waals surface area (Å²) in [6, 6.07) is 0. The van der Waals surface area contributed by atoms with E-state index in [2.05, 4.69) is 4.74 Å². The molecule has 0 saturated heterocycles. The van der Waals surface area contributed by atoms with Gasteiger partial charge < -0.3 is 9.47 Å². The quantitative estimate of drug-likeness (QED) is 0.570. The molecular formula is C8H16O3. The summed E-state index contributed by atoms with van der Waals surface area (Å²) in [5.41, 5.74) is 0. The van der Waals surface area contributed by atoms with Gasteiger partial charge in [0, 0.05) is 0 Å². The molecule has 0 aromatic heterocycles. The maximum Gasteiger partial charge on any atom is 0.307 e. The minimum absolute atomic E-state index is 0.215. The van der Waals surface area contributed by atoms with Crippen molar-refractivity contribution >= 4 is 5.97 Å². The lowest BCUT2D eigenvalue weighted by Gasteiger charge is -2.08. The van der Waals surface area contributed by atoms with E-state index in [0.29, 0.717) is 13.0 Å². The SMILES string of the molecule is CCC(C)OCCC(=O)OC. The number of carbonyl (C=O) groups excluding carboxylic acids is 1. The van der Waals surface area contributed by atoms with Crippen LogP contribution >= 0.6 is 0 Å². The molecule has 11 heavy (non-hydrogen) atoms. The summed E-state index contributed by atoms with van der Waals surface area (Å²) in [4.78, 5) is 10.6. The van der Waals surface area contributed by atoms with Gasteiger partial charge in [-0.15, -0.1) is 0 Å². The summed E-state index contributed by atoms with van der Waals surface area (Å²) >= 11 is 0. The Kier molecular flexibility index (Phi) is 5.84. The van der Waals surface area contributed by atoms with Crippen molar-refractivity contribution in [2.45, 2.75) is 32.8 Å². The Hall–Kier alpha value is -0.570. The minimum Gasteiger partial charge on any atom is -0.469 e. The van der Waals surface area contributed by atoms with Crippen molar-refractivity contribution in [3.05, 3.63) is 0 Å². The number of carbonyl (C=O) groups is 1. The van der Waals surface area contributed by atoms with Crippen LogP contribution in [0.15, 0.2) is 0 Å². The molecule has 0 aromatic carbocycles. The third-order valence-electron chi connectivity index (χ3n) is 1.51. The second kappa shape index (κ2) is 6.16. The second-order valence-electron chi connectivity index (χ2n) is 2.42. The zero-order valence-electron chi connectivity index (χ0n) is 7.42. The second-order valence-corrected chi connectivity index (χ2v) is 2.42. The number of ether oxygens (including phenoxy) is 2. The fourth-order valence-electron chi connectivity index (χ4n) is 0.563. The number of esters is 1. The summed E-state index contributed by atoms with van der Waals surface area (Å²) < 4.78 is 9.71. The molecule has 0 aliphatic heterocycles. The maximum absolute atomic E-state index is 10.6. The highest BCUT2D eigenvalue weighted by molar-refractivity contribution is 5.69. The smallest absolute Gasteiger partial charge is 0.307 e. The first-order valence-corrected chi connectivity index (χ1v) is 3.89. The van der Waals surface area contributed by atoms with Crippen molar-refractivity contribution in [1.29, 1.82) is 0 Å². The van der Waals surface area contributed by atoms with E-state index in [4.69, 9.17) is 4.74 Å². The van der Waals surface area contributed by atoms with Crippen LogP contribution in [-0.2, 0) is 14.3 Å². The zero-order chi connectivity index (χ0) is 8.69. The molecular weight excluding hydrogens is 144 g/mol. The van der Waals surface area contributed by atoms with Crippen LogP contribution in [0, 0.1) is 0 Å². The fourth-order valence-corrected chi connectivity index (χ4v) is 0.563. The first-order valence-electron chi connectivity index (χ1n) is 3.89. The van der Waals surface area contributed by atoms with Gasteiger partial charge in [-0.2, -0.15) is 0 Å². The monoisotopic (exact) mass is 160 g/mol. The highest BCUT2D eigenvalue weighted by Gasteiger charge is 2.02. The minimum atomic E-state index is -0.215. The lowest BCUT2D eigenvalue weighted by Crippen LogP contribution is -2.11. The van der Waals surface area contributed by atoms with Gasteiger partial charge in [-0.05, 0) is 13.3 Å². The van der Waals surface area contributed by atoms with E-state index < -0.39 is 0 Å². The molecule has 0 saturated carbocycles. The normalized spacial score (nSPS) is 12.6. The summed E-state index contributed by atoms with van der Waals surface area (Å²) in [5.74, 6) is -0.215. The average Bonchev–Trinajstić information content (AvgIpc) is 2.04. The predicted octanol–water partition coefficient (Wildman–Crippen LogP) is 1.36. The first-order chi connectivity index (χ1) is 5.20. The Bertz CT molecular complexity index is 112. The van der Waals surface area contributed by atoms with Gasteiger partial charge in [-0.3, -0.25) is 4.79 Å². The molecule has 0 heterocycles. The van der Waals surface area contributed by atoms with Crippen LogP contribution < -0.4 is 0 Å². The van der Waals surface area contributed by atoms with E-state index in [0.717, 1.165) is 6.42 Å². The predicted molar refractivity (Wildman–Crippen MR) is 42.3 cm³/mol. The van der Waals surface area contributed by atoms with Crippen LogP contribution in [0.25, 0.3) is 0 Å². The third kappa shape index (κ3) is 5.85. The molecule has 0 fully saturated rings. The molecule has 66 valence electrons. The highest BCUT2D eigenvalue weighted by atomic mass is 16.5. The van der Waals surface area contributed by atoms with Crippen LogP contribution in [0.4, 0.5) is 0 Å². The van der Waals surface area contributed by atoms with Crippen LogP contribution in [0.3, 0.4) is 0 Å². The topological polar surface area (TPSA) is 35.5 Å². The Balaban J connectivity index is 3.20. The number of hydrogen-bond donors (Lipinski definition) is 0. The maximum atomic E-state index is 10.6. The van der Waals surface area contributed by atoms with Gasteiger partial charge in [0.15, 0.2) is 0 Å². The Labute approximate surface area is 67.7 Å². The zero-order valence-corrected chi connectivity index (χ0v) is 7.42. The Morgan fingerprint density at radius 1 is 1.55 bits per heavy atom. The van der Waals surface area contributed by atoms with Gasteiger partial charge in [-0.25, -0.2) is 0 Å². The molecule has 0 aliphatic rings. The fraction of sp³-hybridized carbons (Fsp3) is 0.875. The summed E-state index contributed by atoms with van der Waals surface area (Å²) in [5, 5.41) is 0. The summed E-state index contributed by atoms with van der Waals surface area (Å²) in [6.07, 6.45) is 1.56. The van der Waals surface area contributed by atoms with E-state index in [1.165, 1.54) is 7.11 Å².